The van der Waals surface area contributed by atoms with Crippen LogP contribution in [0.3, 0.4) is 0 Å². The summed E-state index contributed by atoms with van der Waals surface area (Å²) < 4.78 is 61.6. The summed E-state index contributed by atoms with van der Waals surface area (Å²) in [4.78, 5) is 5.34. The van der Waals surface area contributed by atoms with Crippen molar-refractivity contribution in [3.05, 3.63) is 35.9 Å². The Morgan fingerprint density at radius 2 is 1.24 bits per heavy atom. The minimum absolute atomic E-state index is 0.996. The van der Waals surface area contributed by atoms with E-state index < -0.39 is 15.6 Å². The average Bonchev–Trinajstić information content (AvgIpc) is 2.85. The van der Waals surface area contributed by atoms with Crippen LogP contribution in [0.1, 0.15) is 91.5 Å². The molecule has 0 bridgehead atoms. The van der Waals surface area contributed by atoms with Crippen LogP contribution in [0.4, 0.5) is 13.2 Å². The Morgan fingerprint density at radius 3 is 1.59 bits per heavy atom. The van der Waals surface area contributed by atoms with Gasteiger partial charge in [0.2, 0.25) is 0 Å². The first-order valence-corrected chi connectivity index (χ1v) is 15.0. The first kappa shape index (κ1) is 35.2. The van der Waals surface area contributed by atoms with Gasteiger partial charge in [-0.05, 0) is 38.2 Å². The van der Waals surface area contributed by atoms with Crippen molar-refractivity contribution in [3.63, 3.8) is 0 Å². The zero-order valence-electron chi connectivity index (χ0n) is 23.4. The molecule has 1 aromatic rings. The number of nitrogens with zero attached hydrogens (tertiary/aromatic N) is 3. The Balaban J connectivity index is 0.00000139. The van der Waals surface area contributed by atoms with Gasteiger partial charge in [0, 0.05) is 0 Å². The fourth-order valence-corrected chi connectivity index (χ4v) is 3.75. The third-order valence-corrected chi connectivity index (χ3v) is 6.42. The predicted molar refractivity (Wildman–Crippen MR) is 144 cm³/mol. The van der Waals surface area contributed by atoms with Gasteiger partial charge >= 0.3 is 11.5 Å². The molecule has 0 fully saturated rings. The maximum Gasteiger partial charge on any atom is 0.485 e. The van der Waals surface area contributed by atoms with Crippen molar-refractivity contribution in [1.29, 1.82) is 0 Å². The smallest absolute Gasteiger partial charge is 0.485 e. The van der Waals surface area contributed by atoms with Gasteiger partial charge in [-0.25, -0.2) is 8.42 Å². The molecule has 0 saturated heterocycles. The van der Waals surface area contributed by atoms with Crippen LogP contribution in [0.25, 0.3) is 0 Å². The molecule has 0 aliphatic rings. The third kappa shape index (κ3) is 14.6. The van der Waals surface area contributed by atoms with Gasteiger partial charge in [-0.2, -0.15) is 13.2 Å². The number of rotatable bonds is 15. The highest BCUT2D eigenvalue weighted by molar-refractivity contribution is 7.86. The summed E-state index contributed by atoms with van der Waals surface area (Å²) in [6.07, 6.45) is 10.1. The topological polar surface area (TPSA) is 66.7 Å². The van der Waals surface area contributed by atoms with E-state index in [4.69, 9.17) is 13.0 Å². The normalized spacial score (nSPS) is 11.5. The zero-order valence-corrected chi connectivity index (χ0v) is 24.2. The molecule has 0 N–H and O–H groups in total. The molecule has 0 amide bonds. The number of hydrogen-bond acceptors (Lipinski definition) is 3. The summed E-state index contributed by atoms with van der Waals surface area (Å²) in [5, 5.41) is 0. The van der Waals surface area contributed by atoms with Crippen molar-refractivity contribution in [2.75, 3.05) is 32.7 Å². The van der Waals surface area contributed by atoms with Crippen molar-refractivity contribution in [2.45, 2.75) is 98.0 Å². The first-order valence-electron chi connectivity index (χ1n) is 13.6. The van der Waals surface area contributed by atoms with E-state index >= 15 is 0 Å². The van der Waals surface area contributed by atoms with Gasteiger partial charge < -0.3 is 4.55 Å². The van der Waals surface area contributed by atoms with Crippen LogP contribution in [0.15, 0.2) is 30.3 Å². The molecule has 37 heavy (non-hydrogen) atoms. The van der Waals surface area contributed by atoms with E-state index in [9.17, 15) is 13.2 Å². The largest absolute Gasteiger partial charge is 0.741 e. The van der Waals surface area contributed by atoms with E-state index in [1.54, 1.807) is 0 Å². The lowest BCUT2D eigenvalue weighted by molar-refractivity contribution is -0.539. The molecular formula is C27H48F3N3O3S. The minimum atomic E-state index is -6.09. The molecule has 10 heteroatoms. The molecule has 1 rings (SSSR count). The lowest BCUT2D eigenvalue weighted by atomic mass is 10.2. The summed E-state index contributed by atoms with van der Waals surface area (Å²) in [6.45, 7) is 18.3. The molecule has 0 spiro atoms. The molecule has 6 nitrogen and oxygen atoms in total. The number of alkyl halides is 3. The molecule has 216 valence electrons. The van der Waals surface area contributed by atoms with E-state index in [0.29, 0.717) is 0 Å². The maximum absolute atomic E-state index is 10.7. The Hall–Kier alpha value is -1.81. The van der Waals surface area contributed by atoms with Gasteiger partial charge in [0.05, 0.1) is 39.3 Å². The second-order valence-electron chi connectivity index (χ2n) is 9.09. The Kier molecular flexibility index (Phi) is 18.3. The molecule has 0 aliphatic carbocycles. The van der Waals surface area contributed by atoms with Crippen molar-refractivity contribution in [3.8, 4) is 0 Å². The number of halogens is 3. The van der Waals surface area contributed by atoms with Crippen LogP contribution in [-0.2, 0) is 16.7 Å². The van der Waals surface area contributed by atoms with Crippen LogP contribution < -0.4 is 0 Å². The average molecular weight is 552 g/mol. The molecule has 0 unspecified atom stereocenters. The molecule has 0 aliphatic heterocycles. The highest BCUT2D eigenvalue weighted by Gasteiger charge is 2.37. The van der Waals surface area contributed by atoms with Crippen molar-refractivity contribution in [2.24, 2.45) is 0 Å². The summed E-state index contributed by atoms with van der Waals surface area (Å²) in [5.74, 6) is 1.49. The van der Waals surface area contributed by atoms with Gasteiger partial charge in [-0.15, -0.1) is 0 Å². The SMILES string of the molecule is CCCCN(CCCC)C(N(CC)Cc1ccccc1)=[N+](CCCC)CCCC.O=S(=O)([O-])C(F)(F)F. The Labute approximate surface area is 223 Å². The van der Waals surface area contributed by atoms with Gasteiger partial charge in [0.1, 0.15) is 0 Å². The highest BCUT2D eigenvalue weighted by Crippen LogP contribution is 2.20. The van der Waals surface area contributed by atoms with Gasteiger partial charge in [0.15, 0.2) is 10.1 Å². The van der Waals surface area contributed by atoms with Gasteiger partial charge in [0.25, 0.3) is 0 Å². The van der Waals surface area contributed by atoms with E-state index in [-0.39, 0.29) is 0 Å². The molecule has 0 saturated carbocycles. The van der Waals surface area contributed by atoms with Crippen LogP contribution in [0.2, 0.25) is 0 Å². The Morgan fingerprint density at radius 1 is 0.811 bits per heavy atom. The first-order chi connectivity index (χ1) is 17.5. The second kappa shape index (κ2) is 19.3. The molecule has 0 aromatic heterocycles. The standard InChI is InChI=1S/C26H48N3.CHF3O3S/c1-6-11-20-28(21-12-7-2)26(29(22-13-8-3)23-14-9-4)27(10-5)24-25-18-16-15-17-19-25;2-1(3,4)8(5,6)7/h15-19H,6-14,20-24H2,1-5H3;(H,5,6,7)/q+1;/p-1. The predicted octanol–water partition coefficient (Wildman–Crippen LogP) is 6.43. The summed E-state index contributed by atoms with van der Waals surface area (Å²) in [5.41, 5.74) is -4.24. The monoisotopic (exact) mass is 551 g/mol. The molecule has 1 aromatic carbocycles. The quantitative estimate of drug-likeness (QED) is 0.0826. The van der Waals surface area contributed by atoms with E-state index in [1.165, 1.54) is 89.1 Å². The lowest BCUT2D eigenvalue weighted by Crippen LogP contribution is -2.50. The van der Waals surface area contributed by atoms with Crippen LogP contribution in [0, 0.1) is 0 Å². The fourth-order valence-electron chi connectivity index (χ4n) is 3.75. The second-order valence-corrected chi connectivity index (χ2v) is 10.5. The number of unbranched alkanes of at least 4 members (excludes halogenated alkanes) is 4. The van der Waals surface area contributed by atoms with Crippen LogP contribution in [-0.4, -0.2) is 71.5 Å². The lowest BCUT2D eigenvalue weighted by Gasteiger charge is -2.31. The van der Waals surface area contributed by atoms with Crippen molar-refractivity contribution in [1.82, 2.24) is 9.80 Å². The van der Waals surface area contributed by atoms with Crippen molar-refractivity contribution < 1.29 is 30.7 Å². The highest BCUT2D eigenvalue weighted by atomic mass is 32.2. The molecule has 0 radical (unpaired) electrons. The number of hydrogen-bond donors (Lipinski definition) is 0. The number of benzene rings is 1. The molecule has 0 heterocycles. The van der Waals surface area contributed by atoms with E-state index in [2.05, 4.69) is 79.3 Å². The fraction of sp³-hybridized carbons (Fsp3) is 0.741. The van der Waals surface area contributed by atoms with Crippen LogP contribution in [0.5, 0.6) is 0 Å². The van der Waals surface area contributed by atoms with Gasteiger partial charge in [-0.1, -0.05) is 83.7 Å². The van der Waals surface area contributed by atoms with E-state index in [1.807, 2.05) is 0 Å². The van der Waals surface area contributed by atoms with Crippen molar-refractivity contribution >= 4 is 16.1 Å². The zero-order chi connectivity index (χ0) is 28.3. The van der Waals surface area contributed by atoms with Gasteiger partial charge in [-0.3, -0.25) is 14.4 Å². The molecule has 0 atom stereocenters. The number of guanidine groups is 1. The minimum Gasteiger partial charge on any atom is -0.741 e. The third-order valence-electron chi connectivity index (χ3n) is 5.86. The Bertz CT molecular complexity index is 829. The van der Waals surface area contributed by atoms with Crippen LogP contribution >= 0.6 is 0 Å². The summed E-state index contributed by atoms with van der Waals surface area (Å²) in [6, 6.07) is 11.0. The maximum atomic E-state index is 10.7. The summed E-state index contributed by atoms with van der Waals surface area (Å²) >= 11 is 0. The summed E-state index contributed by atoms with van der Waals surface area (Å²) in [7, 11) is -6.09. The molecular weight excluding hydrogens is 503 g/mol. The van der Waals surface area contributed by atoms with E-state index in [0.717, 1.165) is 13.1 Å².